The molecule has 4 aromatic rings. The first kappa shape index (κ1) is 30.0. The van der Waals surface area contributed by atoms with Crippen LogP contribution in [0.1, 0.15) is 61.9 Å². The Hall–Kier alpha value is -5.63. The number of halogens is 1. The Labute approximate surface area is 271 Å². The molecule has 0 aliphatic carbocycles. The maximum absolute atomic E-state index is 14.4. The first-order valence-corrected chi connectivity index (χ1v) is 15.7. The van der Waals surface area contributed by atoms with E-state index >= 15 is 0 Å². The third-order valence-corrected chi connectivity index (χ3v) is 9.23. The predicted molar refractivity (Wildman–Crippen MR) is 168 cm³/mol. The first-order valence-electron chi connectivity index (χ1n) is 14.8. The van der Waals surface area contributed by atoms with Gasteiger partial charge in [-0.05, 0) is 53.4 Å². The van der Waals surface area contributed by atoms with E-state index in [-0.39, 0.29) is 49.1 Å². The number of aromatic hydroxyl groups is 1. The second-order valence-electron chi connectivity index (χ2n) is 11.4. The number of phenols is 1. The predicted octanol–water partition coefficient (Wildman–Crippen LogP) is 3.70. The zero-order chi connectivity index (χ0) is 32.8. The molecule has 47 heavy (non-hydrogen) atoms. The second kappa shape index (κ2) is 11.9. The van der Waals surface area contributed by atoms with E-state index in [9.17, 15) is 33.5 Å². The van der Waals surface area contributed by atoms with Crippen molar-refractivity contribution in [1.29, 1.82) is 0 Å². The number of benzene rings is 3. The number of imide groups is 1. The molecule has 7 rings (SSSR count). The van der Waals surface area contributed by atoms with Crippen LogP contribution in [0, 0.1) is 5.82 Å². The number of nitrogens with zero attached hydrogens (tertiary/aromatic N) is 3. The molecule has 4 heterocycles. The second-order valence-corrected chi connectivity index (χ2v) is 12.3. The summed E-state index contributed by atoms with van der Waals surface area (Å²) in [6, 6.07) is 11.8. The van der Waals surface area contributed by atoms with Crippen LogP contribution < -0.4 is 16.0 Å². The maximum atomic E-state index is 14.4. The Morgan fingerprint density at radius 3 is 2.70 bits per heavy atom. The first-order chi connectivity index (χ1) is 22.7. The quantitative estimate of drug-likeness (QED) is 0.209. The Morgan fingerprint density at radius 1 is 1.06 bits per heavy atom. The molecule has 0 spiro atoms. The van der Waals surface area contributed by atoms with Crippen molar-refractivity contribution in [1.82, 2.24) is 20.1 Å². The molecule has 2 atom stereocenters. The van der Waals surface area contributed by atoms with Gasteiger partial charge in [0.25, 0.3) is 17.7 Å². The van der Waals surface area contributed by atoms with E-state index in [2.05, 4.69) is 20.9 Å². The summed E-state index contributed by atoms with van der Waals surface area (Å²) in [5, 5.41) is 20.9. The van der Waals surface area contributed by atoms with Gasteiger partial charge in [-0.25, -0.2) is 9.37 Å². The monoisotopic (exact) mass is 654 g/mol. The number of piperidine rings is 1. The average molecular weight is 655 g/mol. The number of rotatable bonds is 8. The van der Waals surface area contributed by atoms with Gasteiger partial charge in [0.05, 0.1) is 5.56 Å². The zero-order valence-electron chi connectivity index (χ0n) is 24.7. The summed E-state index contributed by atoms with van der Waals surface area (Å²) in [5.74, 6) is -3.23. The van der Waals surface area contributed by atoms with Gasteiger partial charge in [0, 0.05) is 54.4 Å². The minimum absolute atomic E-state index is 0.0345. The molecule has 3 aliphatic heterocycles. The summed E-state index contributed by atoms with van der Waals surface area (Å²) in [5.41, 5.74) is 3.51. The summed E-state index contributed by atoms with van der Waals surface area (Å²) in [4.78, 5) is 71.5. The lowest BCUT2D eigenvalue weighted by Crippen LogP contribution is -2.52. The molecule has 2 unspecified atom stereocenters. The highest BCUT2D eigenvalue weighted by Crippen LogP contribution is 2.39. The van der Waals surface area contributed by atoms with Gasteiger partial charge < -0.3 is 20.2 Å². The van der Waals surface area contributed by atoms with E-state index < -0.39 is 35.6 Å². The van der Waals surface area contributed by atoms with E-state index in [0.29, 0.717) is 34.1 Å². The van der Waals surface area contributed by atoms with E-state index in [0.717, 1.165) is 29.3 Å². The van der Waals surface area contributed by atoms with Crippen molar-refractivity contribution in [3.8, 4) is 5.75 Å². The fourth-order valence-corrected chi connectivity index (χ4v) is 6.86. The maximum Gasteiger partial charge on any atom is 0.257 e. The average Bonchev–Trinajstić information content (AvgIpc) is 3.76. The van der Waals surface area contributed by atoms with Crippen molar-refractivity contribution in [2.45, 2.75) is 44.6 Å². The number of thiazole rings is 1. The van der Waals surface area contributed by atoms with Crippen LogP contribution in [0.4, 0.5) is 15.2 Å². The Bertz CT molecular complexity index is 1970. The van der Waals surface area contributed by atoms with Crippen LogP contribution in [-0.2, 0) is 34.0 Å². The number of nitrogens with one attached hydrogen (secondary N) is 3. The summed E-state index contributed by atoms with van der Waals surface area (Å²) >= 11 is 1.18. The van der Waals surface area contributed by atoms with Gasteiger partial charge in [-0.3, -0.25) is 34.6 Å². The molecule has 238 valence electrons. The molecule has 5 amide bonds. The lowest BCUT2D eigenvalue weighted by molar-refractivity contribution is -0.137. The summed E-state index contributed by atoms with van der Waals surface area (Å²) < 4.78 is 14.4. The number of hydrogen-bond donors (Lipinski definition) is 4. The van der Waals surface area contributed by atoms with Crippen LogP contribution >= 0.6 is 11.3 Å². The van der Waals surface area contributed by atoms with E-state index in [1.54, 1.807) is 35.7 Å². The number of aromatic nitrogens is 1. The highest BCUT2D eigenvalue weighted by Gasteiger charge is 2.41. The minimum atomic E-state index is -1.36. The van der Waals surface area contributed by atoms with E-state index in [1.165, 1.54) is 27.3 Å². The van der Waals surface area contributed by atoms with E-state index in [4.69, 9.17) is 0 Å². The van der Waals surface area contributed by atoms with Crippen molar-refractivity contribution in [2.75, 3.05) is 10.6 Å². The number of amides is 5. The van der Waals surface area contributed by atoms with Crippen molar-refractivity contribution >= 4 is 51.7 Å². The summed E-state index contributed by atoms with van der Waals surface area (Å²) in [6.45, 7) is 0.564. The number of anilines is 2. The molecule has 14 heteroatoms. The van der Waals surface area contributed by atoms with Gasteiger partial charge in [-0.1, -0.05) is 24.3 Å². The standard InChI is InChI=1S/C33H27FN6O6S/c34-20-5-8-25(41)22(13-20)28(30(44)38-33-35-10-11-47-33)40-15-18-2-1-3-23(27(18)32(40)46)36-14-17-4-6-21-19(12-17)16-39(31(21)45)24-7-9-26(42)37-29(24)43/h1-6,8,10-13,24,28,36,41H,7,9,14-16H2,(H,35,38,44)(H,37,42,43). The molecule has 4 N–H and O–H groups in total. The third-order valence-electron chi connectivity index (χ3n) is 8.54. The summed E-state index contributed by atoms with van der Waals surface area (Å²) in [7, 11) is 0. The highest BCUT2D eigenvalue weighted by atomic mass is 32.1. The van der Waals surface area contributed by atoms with Crippen molar-refractivity contribution in [2.24, 2.45) is 0 Å². The number of hydrogen-bond acceptors (Lipinski definition) is 9. The largest absolute Gasteiger partial charge is 0.508 e. The van der Waals surface area contributed by atoms with Crippen LogP contribution in [0.15, 0.2) is 66.2 Å². The van der Waals surface area contributed by atoms with Gasteiger partial charge in [0.15, 0.2) is 5.13 Å². The Kier molecular flexibility index (Phi) is 7.64. The van der Waals surface area contributed by atoms with Crippen LogP contribution in [0.3, 0.4) is 0 Å². The third kappa shape index (κ3) is 5.56. The molecule has 3 aliphatic rings. The number of carbonyl (C=O) groups is 5. The van der Waals surface area contributed by atoms with E-state index in [1.807, 2.05) is 6.07 Å². The minimum Gasteiger partial charge on any atom is -0.508 e. The normalized spacial score (nSPS) is 17.8. The number of fused-ring (bicyclic) bond motifs is 2. The molecule has 0 saturated carbocycles. The highest BCUT2D eigenvalue weighted by molar-refractivity contribution is 7.13. The molecule has 0 radical (unpaired) electrons. The Morgan fingerprint density at radius 2 is 1.91 bits per heavy atom. The van der Waals surface area contributed by atoms with Crippen molar-refractivity contribution < 1.29 is 33.5 Å². The van der Waals surface area contributed by atoms with Crippen molar-refractivity contribution in [3.63, 3.8) is 0 Å². The van der Waals surface area contributed by atoms with Gasteiger partial charge in [0.1, 0.15) is 23.7 Å². The summed E-state index contributed by atoms with van der Waals surface area (Å²) in [6.07, 6.45) is 1.95. The van der Waals surface area contributed by atoms with Crippen LogP contribution in [0.5, 0.6) is 5.75 Å². The van der Waals surface area contributed by atoms with Gasteiger partial charge in [-0.2, -0.15) is 0 Å². The zero-order valence-corrected chi connectivity index (χ0v) is 25.5. The smallest absolute Gasteiger partial charge is 0.257 e. The molecule has 0 bridgehead atoms. The Balaban J connectivity index is 1.11. The number of phenolic OH excluding ortho intramolecular Hbond substituents is 1. The lowest BCUT2D eigenvalue weighted by Gasteiger charge is -2.29. The topological polar surface area (TPSA) is 161 Å². The molecule has 1 fully saturated rings. The van der Waals surface area contributed by atoms with Crippen LogP contribution in [-0.4, -0.2) is 55.5 Å². The van der Waals surface area contributed by atoms with Gasteiger partial charge >= 0.3 is 0 Å². The lowest BCUT2D eigenvalue weighted by atomic mass is 10.0. The SMILES string of the molecule is O=C1CCC(N2Cc3cc(CNc4cccc5c4C(=O)N(C(C(=O)Nc4nccs4)c4cc(F)ccc4O)C5)ccc3C2=O)C(=O)N1. The molecule has 3 aromatic carbocycles. The molecular weight excluding hydrogens is 627 g/mol. The molecular formula is C33H27FN6O6S. The van der Waals surface area contributed by atoms with Crippen LogP contribution in [0.25, 0.3) is 0 Å². The van der Waals surface area contributed by atoms with Gasteiger partial charge in [0.2, 0.25) is 11.8 Å². The van der Waals surface area contributed by atoms with Crippen LogP contribution in [0.2, 0.25) is 0 Å². The van der Waals surface area contributed by atoms with Gasteiger partial charge in [-0.15, -0.1) is 11.3 Å². The molecule has 1 saturated heterocycles. The molecule has 12 nitrogen and oxygen atoms in total. The number of carbonyl (C=O) groups excluding carboxylic acids is 5. The van der Waals surface area contributed by atoms with Crippen molar-refractivity contribution in [3.05, 3.63) is 105 Å². The fourth-order valence-electron chi connectivity index (χ4n) is 6.33. The molecule has 1 aromatic heterocycles. The fraction of sp³-hybridized carbons (Fsp3) is 0.212.